The first kappa shape index (κ1) is 9.52. The molecule has 78 valence electrons. The molecule has 0 saturated heterocycles. The summed E-state index contributed by atoms with van der Waals surface area (Å²) < 4.78 is 12.7. The number of hydrogen-bond acceptors (Lipinski definition) is 3. The fraction of sp³-hybridized carbons (Fsp3) is 0.700. The van der Waals surface area contributed by atoms with Crippen molar-refractivity contribution in [1.82, 2.24) is 9.78 Å². The largest absolute Gasteiger partial charge is 0.475 e. The number of hydrogen-bond donors (Lipinski definition) is 0. The normalized spacial score (nSPS) is 20.7. The van der Waals surface area contributed by atoms with Gasteiger partial charge in [-0.1, -0.05) is 13.8 Å². The molecule has 1 aromatic heterocycles. The van der Waals surface area contributed by atoms with Crippen LogP contribution in [0.15, 0.2) is 6.20 Å². The molecule has 0 radical (unpaired) electrons. The van der Waals surface area contributed by atoms with Gasteiger partial charge in [-0.25, -0.2) is 4.68 Å². The molecular weight excluding hydrogens is 180 g/mol. The summed E-state index contributed by atoms with van der Waals surface area (Å²) in [5.41, 5.74) is 1.18. The molecule has 0 saturated carbocycles. The number of aromatic nitrogens is 2. The monoisotopic (exact) mass is 196 g/mol. The Morgan fingerprint density at radius 1 is 1.64 bits per heavy atom. The van der Waals surface area contributed by atoms with Crippen LogP contribution in [0.3, 0.4) is 0 Å². The Kier molecular flexibility index (Phi) is 2.46. The maximum Gasteiger partial charge on any atom is 0.215 e. The Morgan fingerprint density at radius 3 is 3.07 bits per heavy atom. The Balaban J connectivity index is 2.25. The second-order valence-electron chi connectivity index (χ2n) is 3.91. The smallest absolute Gasteiger partial charge is 0.215 e. The van der Waals surface area contributed by atoms with Gasteiger partial charge in [0.1, 0.15) is 12.7 Å². The molecule has 14 heavy (non-hydrogen) atoms. The molecule has 0 aliphatic carbocycles. The minimum absolute atomic E-state index is 0.127. The maximum absolute atomic E-state index is 5.63. The quantitative estimate of drug-likeness (QED) is 0.717. The third-order valence-electron chi connectivity index (χ3n) is 2.56. The van der Waals surface area contributed by atoms with Gasteiger partial charge in [0.25, 0.3) is 0 Å². The van der Waals surface area contributed by atoms with Gasteiger partial charge in [0.15, 0.2) is 0 Å². The minimum atomic E-state index is 0.127. The second kappa shape index (κ2) is 3.61. The van der Waals surface area contributed by atoms with Crippen molar-refractivity contribution >= 4 is 0 Å². The van der Waals surface area contributed by atoms with E-state index >= 15 is 0 Å². The Hall–Kier alpha value is -1.03. The zero-order valence-electron chi connectivity index (χ0n) is 8.86. The van der Waals surface area contributed by atoms with E-state index in [9.17, 15) is 0 Å². The molecule has 4 heteroatoms. The highest BCUT2D eigenvalue weighted by Crippen LogP contribution is 2.28. The van der Waals surface area contributed by atoms with E-state index in [0.717, 1.165) is 12.4 Å². The number of methoxy groups -OCH3 is 1. The van der Waals surface area contributed by atoms with Crippen molar-refractivity contribution in [2.75, 3.05) is 13.7 Å². The van der Waals surface area contributed by atoms with Crippen molar-refractivity contribution in [3.63, 3.8) is 0 Å². The van der Waals surface area contributed by atoms with Crippen LogP contribution in [0, 0.1) is 0 Å². The highest BCUT2D eigenvalue weighted by Gasteiger charge is 2.23. The van der Waals surface area contributed by atoms with Gasteiger partial charge < -0.3 is 9.47 Å². The Bertz CT molecular complexity index is 320. The summed E-state index contributed by atoms with van der Waals surface area (Å²) in [5.74, 6) is 1.37. The molecule has 1 aliphatic rings. The Labute approximate surface area is 83.8 Å². The molecule has 0 amide bonds. The zero-order chi connectivity index (χ0) is 10.1. The van der Waals surface area contributed by atoms with E-state index in [0.29, 0.717) is 12.5 Å². The molecule has 2 rings (SSSR count). The van der Waals surface area contributed by atoms with Crippen molar-refractivity contribution in [2.45, 2.75) is 32.4 Å². The lowest BCUT2D eigenvalue weighted by Gasteiger charge is -2.24. The summed E-state index contributed by atoms with van der Waals surface area (Å²) >= 11 is 0. The van der Waals surface area contributed by atoms with Gasteiger partial charge >= 0.3 is 0 Å². The summed E-state index contributed by atoms with van der Waals surface area (Å²) in [5, 5.41) is 4.29. The van der Waals surface area contributed by atoms with Gasteiger partial charge in [0.2, 0.25) is 5.88 Å². The molecule has 1 atom stereocenters. The number of ether oxygens (including phenoxy) is 2. The van der Waals surface area contributed by atoms with E-state index in [2.05, 4.69) is 18.9 Å². The van der Waals surface area contributed by atoms with E-state index in [1.165, 1.54) is 5.56 Å². The standard InChI is InChI=1S/C10H16N2O2/c1-7(2)9-4-11-12-5-8(13-3)6-14-10(9)12/h4,7-8H,5-6H2,1-3H3/t8-/m1/s1. The predicted molar refractivity (Wildman–Crippen MR) is 52.6 cm³/mol. The highest BCUT2D eigenvalue weighted by atomic mass is 16.5. The summed E-state index contributed by atoms with van der Waals surface area (Å²) in [7, 11) is 1.70. The molecule has 0 fully saturated rings. The fourth-order valence-corrected chi connectivity index (χ4v) is 1.63. The molecule has 2 heterocycles. The molecular formula is C10H16N2O2. The minimum Gasteiger partial charge on any atom is -0.475 e. The van der Waals surface area contributed by atoms with Crippen molar-refractivity contribution in [3.8, 4) is 5.88 Å². The average molecular weight is 196 g/mol. The van der Waals surface area contributed by atoms with Crippen LogP contribution in [-0.4, -0.2) is 29.6 Å². The third-order valence-corrected chi connectivity index (χ3v) is 2.56. The zero-order valence-corrected chi connectivity index (χ0v) is 8.86. The average Bonchev–Trinajstić information content (AvgIpc) is 2.59. The summed E-state index contributed by atoms with van der Waals surface area (Å²) in [6.07, 6.45) is 2.01. The van der Waals surface area contributed by atoms with Crippen molar-refractivity contribution < 1.29 is 9.47 Å². The maximum atomic E-state index is 5.63. The molecule has 0 bridgehead atoms. The van der Waals surface area contributed by atoms with Crippen LogP contribution in [0.5, 0.6) is 5.88 Å². The first-order valence-electron chi connectivity index (χ1n) is 4.93. The van der Waals surface area contributed by atoms with E-state index in [4.69, 9.17) is 9.47 Å². The first-order valence-corrected chi connectivity index (χ1v) is 4.93. The van der Waals surface area contributed by atoms with Crippen LogP contribution in [0.2, 0.25) is 0 Å². The van der Waals surface area contributed by atoms with Crippen LogP contribution < -0.4 is 4.74 Å². The molecule has 0 unspecified atom stereocenters. The van der Waals surface area contributed by atoms with Gasteiger partial charge in [-0.15, -0.1) is 0 Å². The SMILES string of the molecule is CO[C@H]1COc2c(C(C)C)cnn2C1. The number of fused-ring (bicyclic) bond motifs is 1. The van der Waals surface area contributed by atoms with Crippen molar-refractivity contribution in [1.29, 1.82) is 0 Å². The lowest BCUT2D eigenvalue weighted by Crippen LogP contribution is -2.32. The van der Waals surface area contributed by atoms with Gasteiger partial charge in [-0.05, 0) is 5.92 Å². The molecule has 4 nitrogen and oxygen atoms in total. The summed E-state index contributed by atoms with van der Waals surface area (Å²) in [6.45, 7) is 5.70. The summed E-state index contributed by atoms with van der Waals surface area (Å²) in [6, 6.07) is 0. The van der Waals surface area contributed by atoms with Crippen LogP contribution in [0.1, 0.15) is 25.3 Å². The van der Waals surface area contributed by atoms with E-state index in [1.54, 1.807) is 7.11 Å². The van der Waals surface area contributed by atoms with Crippen LogP contribution in [-0.2, 0) is 11.3 Å². The number of nitrogens with zero attached hydrogens (tertiary/aromatic N) is 2. The van der Waals surface area contributed by atoms with Crippen LogP contribution in [0.4, 0.5) is 0 Å². The predicted octanol–water partition coefficient (Wildman–Crippen LogP) is 1.41. The fourth-order valence-electron chi connectivity index (χ4n) is 1.63. The van der Waals surface area contributed by atoms with E-state index in [1.807, 2.05) is 10.9 Å². The lowest BCUT2D eigenvalue weighted by atomic mass is 10.1. The van der Waals surface area contributed by atoms with Gasteiger partial charge in [0, 0.05) is 12.7 Å². The topological polar surface area (TPSA) is 36.3 Å². The first-order chi connectivity index (χ1) is 6.72. The second-order valence-corrected chi connectivity index (χ2v) is 3.91. The van der Waals surface area contributed by atoms with Crippen LogP contribution >= 0.6 is 0 Å². The molecule has 1 aromatic rings. The molecule has 0 aromatic carbocycles. The van der Waals surface area contributed by atoms with Crippen molar-refractivity contribution in [3.05, 3.63) is 11.8 Å². The van der Waals surface area contributed by atoms with E-state index in [-0.39, 0.29) is 6.10 Å². The van der Waals surface area contributed by atoms with Gasteiger partial charge in [-0.2, -0.15) is 5.10 Å². The lowest BCUT2D eigenvalue weighted by molar-refractivity contribution is 0.0174. The van der Waals surface area contributed by atoms with Gasteiger partial charge in [0.05, 0.1) is 12.7 Å². The molecule has 1 aliphatic heterocycles. The molecule has 0 spiro atoms. The number of rotatable bonds is 2. The Morgan fingerprint density at radius 2 is 2.43 bits per heavy atom. The molecule has 0 N–H and O–H groups in total. The van der Waals surface area contributed by atoms with E-state index < -0.39 is 0 Å². The third kappa shape index (κ3) is 1.50. The summed E-state index contributed by atoms with van der Waals surface area (Å²) in [4.78, 5) is 0. The van der Waals surface area contributed by atoms with Crippen LogP contribution in [0.25, 0.3) is 0 Å². The van der Waals surface area contributed by atoms with Gasteiger partial charge in [-0.3, -0.25) is 0 Å². The van der Waals surface area contributed by atoms with Crippen molar-refractivity contribution in [2.24, 2.45) is 0 Å². The highest BCUT2D eigenvalue weighted by molar-refractivity contribution is 5.28.